The van der Waals surface area contributed by atoms with Crippen molar-refractivity contribution in [2.24, 2.45) is 0 Å². The number of nitrogens with zero attached hydrogens (tertiary/aromatic N) is 3. The number of aromatic nitrogens is 2. The largest absolute Gasteiger partial charge is 0.490 e. The third-order valence-electron chi connectivity index (χ3n) is 5.35. The van der Waals surface area contributed by atoms with E-state index in [0.29, 0.717) is 48.7 Å². The van der Waals surface area contributed by atoms with Crippen LogP contribution in [0.4, 0.5) is 0 Å². The first kappa shape index (κ1) is 24.3. The molecule has 0 radical (unpaired) electrons. The Hall–Kier alpha value is -3.35. The highest BCUT2D eigenvalue weighted by molar-refractivity contribution is 5.81. The fraction of sp³-hybridized carbons (Fsp3) is 0.423. The van der Waals surface area contributed by atoms with Crippen molar-refractivity contribution in [2.45, 2.75) is 53.6 Å². The molecule has 0 atom stereocenters. The lowest BCUT2D eigenvalue weighted by Crippen LogP contribution is -2.36. The Morgan fingerprint density at radius 2 is 1.88 bits per heavy atom. The molecule has 1 amide bonds. The maximum absolute atomic E-state index is 13.2. The molecule has 33 heavy (non-hydrogen) atoms. The van der Waals surface area contributed by atoms with Crippen molar-refractivity contribution in [1.29, 1.82) is 0 Å². The molecule has 0 aliphatic rings. The van der Waals surface area contributed by atoms with E-state index in [2.05, 4.69) is 11.9 Å². The molecule has 7 nitrogen and oxygen atoms in total. The molecule has 0 spiro atoms. The second-order valence-electron chi connectivity index (χ2n) is 8.03. The first-order valence-electron chi connectivity index (χ1n) is 11.6. The zero-order valence-electron chi connectivity index (χ0n) is 20.0. The van der Waals surface area contributed by atoms with E-state index in [4.69, 9.17) is 9.47 Å². The summed E-state index contributed by atoms with van der Waals surface area (Å²) in [5, 5.41) is 0.524. The lowest BCUT2D eigenvalue weighted by Gasteiger charge is -2.23. The molecular weight excluding hydrogens is 418 g/mol. The topological polar surface area (TPSA) is 73.7 Å². The molecule has 3 aromatic rings. The zero-order chi connectivity index (χ0) is 23.8. The van der Waals surface area contributed by atoms with E-state index in [1.807, 2.05) is 51.1 Å². The maximum Gasteiger partial charge on any atom is 0.261 e. The Kier molecular flexibility index (Phi) is 8.46. The molecule has 176 valence electrons. The van der Waals surface area contributed by atoms with Gasteiger partial charge in [0, 0.05) is 13.1 Å². The Bertz CT molecular complexity index is 1160. The van der Waals surface area contributed by atoms with Gasteiger partial charge in [-0.3, -0.25) is 14.2 Å². The Labute approximate surface area is 195 Å². The zero-order valence-corrected chi connectivity index (χ0v) is 20.0. The summed E-state index contributed by atoms with van der Waals surface area (Å²) in [6, 6.07) is 11.3. The quantitative estimate of drug-likeness (QED) is 0.434. The maximum atomic E-state index is 13.2. The van der Waals surface area contributed by atoms with E-state index in [1.165, 1.54) is 10.9 Å². The van der Waals surface area contributed by atoms with Gasteiger partial charge in [-0.1, -0.05) is 32.0 Å². The van der Waals surface area contributed by atoms with Crippen molar-refractivity contribution in [3.8, 4) is 11.5 Å². The molecule has 1 aromatic heterocycles. The third-order valence-corrected chi connectivity index (χ3v) is 5.35. The van der Waals surface area contributed by atoms with Crippen LogP contribution in [-0.4, -0.2) is 40.1 Å². The lowest BCUT2D eigenvalue weighted by atomic mass is 10.1. The predicted molar refractivity (Wildman–Crippen MR) is 130 cm³/mol. The summed E-state index contributed by atoms with van der Waals surface area (Å²) in [6.45, 7) is 10.0. The molecule has 0 saturated carbocycles. The molecule has 3 rings (SSSR count). The minimum Gasteiger partial charge on any atom is -0.490 e. The van der Waals surface area contributed by atoms with Gasteiger partial charge in [0.15, 0.2) is 11.5 Å². The fourth-order valence-corrected chi connectivity index (χ4v) is 3.73. The van der Waals surface area contributed by atoms with Crippen molar-refractivity contribution in [3.05, 3.63) is 64.2 Å². The molecule has 2 aromatic carbocycles. The molecule has 0 N–H and O–H groups in total. The molecule has 0 unspecified atom stereocenters. The van der Waals surface area contributed by atoms with E-state index in [9.17, 15) is 9.59 Å². The van der Waals surface area contributed by atoms with Gasteiger partial charge in [-0.05, 0) is 56.0 Å². The molecule has 0 saturated heterocycles. The minimum atomic E-state index is -0.204. The van der Waals surface area contributed by atoms with Crippen LogP contribution < -0.4 is 15.0 Å². The van der Waals surface area contributed by atoms with E-state index in [-0.39, 0.29) is 18.0 Å². The number of rotatable bonds is 11. The number of hydrogen-bond donors (Lipinski definition) is 0. The average Bonchev–Trinajstić information content (AvgIpc) is 2.80. The summed E-state index contributed by atoms with van der Waals surface area (Å²) in [4.78, 5) is 32.3. The highest BCUT2D eigenvalue weighted by Crippen LogP contribution is 2.29. The van der Waals surface area contributed by atoms with Gasteiger partial charge in [0.05, 0.1) is 30.4 Å². The molecule has 0 aliphatic carbocycles. The summed E-state index contributed by atoms with van der Waals surface area (Å²) in [7, 11) is 0. The van der Waals surface area contributed by atoms with Crippen LogP contribution in [-0.2, 0) is 17.9 Å². The van der Waals surface area contributed by atoms with E-state index in [1.54, 1.807) is 11.0 Å². The highest BCUT2D eigenvalue weighted by Gasteiger charge is 2.17. The summed E-state index contributed by atoms with van der Waals surface area (Å²) >= 11 is 0. The summed E-state index contributed by atoms with van der Waals surface area (Å²) in [6.07, 6.45) is 3.19. The highest BCUT2D eigenvalue weighted by atomic mass is 16.5. The summed E-state index contributed by atoms with van der Waals surface area (Å²) < 4.78 is 12.9. The number of aryl methyl sites for hydroxylation is 1. The Balaban J connectivity index is 1.81. The van der Waals surface area contributed by atoms with Crippen molar-refractivity contribution in [3.63, 3.8) is 0 Å². The van der Waals surface area contributed by atoms with Crippen LogP contribution in [0.2, 0.25) is 0 Å². The molecule has 0 aliphatic heterocycles. The predicted octanol–water partition coefficient (Wildman–Crippen LogP) is 4.33. The van der Waals surface area contributed by atoms with Crippen molar-refractivity contribution < 1.29 is 14.3 Å². The van der Waals surface area contributed by atoms with Gasteiger partial charge in [0.1, 0.15) is 6.54 Å². The minimum absolute atomic E-state index is 0.0499. The van der Waals surface area contributed by atoms with Gasteiger partial charge in [0.25, 0.3) is 5.56 Å². The van der Waals surface area contributed by atoms with Crippen LogP contribution in [0.1, 0.15) is 44.7 Å². The van der Waals surface area contributed by atoms with Crippen LogP contribution in [0, 0.1) is 6.92 Å². The fourth-order valence-electron chi connectivity index (χ4n) is 3.73. The number of amides is 1. The van der Waals surface area contributed by atoms with Crippen molar-refractivity contribution in [2.75, 3.05) is 19.8 Å². The lowest BCUT2D eigenvalue weighted by molar-refractivity contribution is -0.132. The molecule has 0 bridgehead atoms. The molecule has 7 heteroatoms. The third kappa shape index (κ3) is 5.92. The first-order chi connectivity index (χ1) is 16.0. The van der Waals surface area contributed by atoms with Crippen LogP contribution in [0.3, 0.4) is 0 Å². The van der Waals surface area contributed by atoms with Crippen LogP contribution in [0.5, 0.6) is 11.5 Å². The van der Waals surface area contributed by atoms with E-state index in [0.717, 1.165) is 24.0 Å². The molecule has 1 heterocycles. The number of para-hydroxylation sites is 1. The van der Waals surface area contributed by atoms with Crippen LogP contribution in [0.25, 0.3) is 10.9 Å². The van der Waals surface area contributed by atoms with Gasteiger partial charge in [-0.15, -0.1) is 0 Å². The second-order valence-corrected chi connectivity index (χ2v) is 8.03. The standard InChI is InChI=1S/C26H33N3O4/c1-5-13-28(16-20-11-12-22(33-14-6-2)23(15-20)32-7-3)24(30)17-29-18-27-25-19(4)9-8-10-21(25)26(29)31/h8-12,15,18H,5-7,13-14,16-17H2,1-4H3. The van der Waals surface area contributed by atoms with Gasteiger partial charge in [-0.2, -0.15) is 0 Å². The second kappa shape index (κ2) is 11.5. The SMILES string of the molecule is CCCOc1ccc(CN(CCC)C(=O)Cn2cnc3c(C)cccc3c2=O)cc1OCC. The van der Waals surface area contributed by atoms with Gasteiger partial charge < -0.3 is 14.4 Å². The number of carbonyl (C=O) groups is 1. The normalized spacial score (nSPS) is 10.9. The van der Waals surface area contributed by atoms with E-state index < -0.39 is 0 Å². The monoisotopic (exact) mass is 451 g/mol. The van der Waals surface area contributed by atoms with Crippen molar-refractivity contribution >= 4 is 16.8 Å². The van der Waals surface area contributed by atoms with Crippen molar-refractivity contribution in [1.82, 2.24) is 14.5 Å². The molecular formula is C26H33N3O4. The number of carbonyl (C=O) groups excluding carboxylic acids is 1. The van der Waals surface area contributed by atoms with E-state index >= 15 is 0 Å². The smallest absolute Gasteiger partial charge is 0.261 e. The average molecular weight is 452 g/mol. The number of hydrogen-bond acceptors (Lipinski definition) is 5. The summed E-state index contributed by atoms with van der Waals surface area (Å²) in [5.41, 5.74) is 2.35. The number of fused-ring (bicyclic) bond motifs is 1. The van der Waals surface area contributed by atoms with Crippen LogP contribution >= 0.6 is 0 Å². The number of benzene rings is 2. The van der Waals surface area contributed by atoms with Gasteiger partial charge >= 0.3 is 0 Å². The Morgan fingerprint density at radius 3 is 2.61 bits per heavy atom. The number of ether oxygens (including phenoxy) is 2. The molecule has 0 fully saturated rings. The first-order valence-corrected chi connectivity index (χ1v) is 11.6. The van der Waals surface area contributed by atoms with Crippen LogP contribution in [0.15, 0.2) is 47.5 Å². The van der Waals surface area contributed by atoms with Gasteiger partial charge in [-0.25, -0.2) is 4.98 Å². The van der Waals surface area contributed by atoms with Gasteiger partial charge in [0.2, 0.25) is 5.91 Å². The summed E-state index contributed by atoms with van der Waals surface area (Å²) in [5.74, 6) is 1.26. The Morgan fingerprint density at radius 1 is 1.06 bits per heavy atom.